The summed E-state index contributed by atoms with van der Waals surface area (Å²) < 4.78 is 1.18. The van der Waals surface area contributed by atoms with Crippen LogP contribution in [0.4, 0.5) is 5.69 Å². The van der Waals surface area contributed by atoms with Gasteiger partial charge < -0.3 is 16.0 Å². The van der Waals surface area contributed by atoms with Crippen LogP contribution < -0.4 is 11.1 Å². The molecule has 1 aliphatic heterocycles. The fraction of sp³-hybridized carbons (Fsp3) is 0.600. The van der Waals surface area contributed by atoms with E-state index in [0.717, 1.165) is 25.6 Å². The van der Waals surface area contributed by atoms with E-state index in [0.29, 0.717) is 0 Å². The summed E-state index contributed by atoms with van der Waals surface area (Å²) in [6.45, 7) is 7.40. The molecular weight excluding hydrogens is 302 g/mol. The lowest BCUT2D eigenvalue weighted by Crippen LogP contribution is -2.38. The molecule has 0 bridgehead atoms. The Bertz CT molecular complexity index is 400. The molecule has 0 aliphatic carbocycles. The summed E-state index contributed by atoms with van der Waals surface area (Å²) in [7, 11) is 0. The zero-order valence-corrected chi connectivity index (χ0v) is 13.2. The van der Waals surface area contributed by atoms with Crippen LogP contribution in [0.3, 0.4) is 0 Å². The van der Waals surface area contributed by atoms with E-state index < -0.39 is 0 Å². The minimum atomic E-state index is 0.778. The van der Waals surface area contributed by atoms with E-state index in [4.69, 9.17) is 5.73 Å². The molecule has 1 fully saturated rings. The second-order valence-corrected chi connectivity index (χ2v) is 6.27. The van der Waals surface area contributed by atoms with Crippen molar-refractivity contribution in [1.82, 2.24) is 4.90 Å². The number of nitrogens with one attached hydrogen (secondary N) is 1. The summed E-state index contributed by atoms with van der Waals surface area (Å²) in [4.78, 5) is 2.47. The minimum absolute atomic E-state index is 0.778. The van der Waals surface area contributed by atoms with Crippen molar-refractivity contribution in [3.05, 3.63) is 28.2 Å². The SMILES string of the molecule is Cc1ccc(NCC2CCN(CCN)CC2)cc1Br. The third-order valence-corrected chi connectivity index (χ3v) is 4.77. The van der Waals surface area contributed by atoms with Crippen molar-refractivity contribution >= 4 is 21.6 Å². The van der Waals surface area contributed by atoms with Crippen LogP contribution in [0.15, 0.2) is 22.7 Å². The molecule has 106 valence electrons. The van der Waals surface area contributed by atoms with E-state index >= 15 is 0 Å². The van der Waals surface area contributed by atoms with Crippen molar-refractivity contribution in [2.24, 2.45) is 11.7 Å². The zero-order chi connectivity index (χ0) is 13.7. The van der Waals surface area contributed by atoms with Crippen molar-refractivity contribution in [2.45, 2.75) is 19.8 Å². The number of hydrogen-bond acceptors (Lipinski definition) is 3. The van der Waals surface area contributed by atoms with E-state index in [-0.39, 0.29) is 0 Å². The second-order valence-electron chi connectivity index (χ2n) is 5.42. The highest BCUT2D eigenvalue weighted by atomic mass is 79.9. The maximum atomic E-state index is 5.60. The molecular formula is C15H24BrN3. The van der Waals surface area contributed by atoms with Crippen LogP contribution in [0, 0.1) is 12.8 Å². The van der Waals surface area contributed by atoms with Gasteiger partial charge in [0, 0.05) is 29.8 Å². The van der Waals surface area contributed by atoms with Gasteiger partial charge in [0.2, 0.25) is 0 Å². The molecule has 2 rings (SSSR count). The Labute approximate surface area is 124 Å². The highest BCUT2D eigenvalue weighted by Crippen LogP contribution is 2.22. The van der Waals surface area contributed by atoms with Gasteiger partial charge in [-0.25, -0.2) is 0 Å². The number of benzene rings is 1. The van der Waals surface area contributed by atoms with Crippen LogP contribution in [-0.4, -0.2) is 37.6 Å². The molecule has 0 aromatic heterocycles. The lowest BCUT2D eigenvalue weighted by Gasteiger charge is -2.31. The lowest BCUT2D eigenvalue weighted by molar-refractivity contribution is 0.194. The first-order valence-corrected chi connectivity index (χ1v) is 7.91. The van der Waals surface area contributed by atoms with E-state index in [1.807, 2.05) is 0 Å². The molecule has 1 aromatic carbocycles. The third-order valence-electron chi connectivity index (χ3n) is 3.92. The fourth-order valence-corrected chi connectivity index (χ4v) is 2.94. The van der Waals surface area contributed by atoms with Gasteiger partial charge in [0.15, 0.2) is 0 Å². The zero-order valence-electron chi connectivity index (χ0n) is 11.7. The van der Waals surface area contributed by atoms with Gasteiger partial charge in [-0.2, -0.15) is 0 Å². The van der Waals surface area contributed by atoms with E-state index in [2.05, 4.69) is 51.3 Å². The van der Waals surface area contributed by atoms with Crippen LogP contribution in [0.1, 0.15) is 18.4 Å². The Morgan fingerprint density at radius 3 is 2.74 bits per heavy atom. The topological polar surface area (TPSA) is 41.3 Å². The molecule has 1 aliphatic rings. The fourth-order valence-electron chi connectivity index (χ4n) is 2.56. The smallest absolute Gasteiger partial charge is 0.0351 e. The van der Waals surface area contributed by atoms with Gasteiger partial charge in [-0.3, -0.25) is 0 Å². The molecule has 0 unspecified atom stereocenters. The summed E-state index contributed by atoms with van der Waals surface area (Å²) in [5.74, 6) is 0.786. The molecule has 1 heterocycles. The molecule has 0 saturated carbocycles. The largest absolute Gasteiger partial charge is 0.385 e. The summed E-state index contributed by atoms with van der Waals surface area (Å²) in [5, 5.41) is 3.56. The number of rotatable bonds is 5. The first-order valence-electron chi connectivity index (χ1n) is 7.11. The molecule has 0 radical (unpaired) electrons. The Morgan fingerprint density at radius 2 is 2.11 bits per heavy atom. The van der Waals surface area contributed by atoms with Crippen molar-refractivity contribution in [3.8, 4) is 0 Å². The lowest BCUT2D eigenvalue weighted by atomic mass is 9.96. The first kappa shape index (κ1) is 14.8. The predicted molar refractivity (Wildman–Crippen MR) is 85.6 cm³/mol. The number of nitrogens with two attached hydrogens (primary N) is 1. The van der Waals surface area contributed by atoms with E-state index in [9.17, 15) is 0 Å². The van der Waals surface area contributed by atoms with Gasteiger partial charge in [-0.1, -0.05) is 22.0 Å². The van der Waals surface area contributed by atoms with Crippen LogP contribution in [0.5, 0.6) is 0 Å². The second kappa shape index (κ2) is 7.27. The highest BCUT2D eigenvalue weighted by molar-refractivity contribution is 9.10. The summed E-state index contributed by atoms with van der Waals surface area (Å²) in [5.41, 5.74) is 8.08. The normalized spacial score (nSPS) is 17.6. The Balaban J connectivity index is 1.75. The third kappa shape index (κ3) is 4.48. The van der Waals surface area contributed by atoms with Gasteiger partial charge in [0.25, 0.3) is 0 Å². The highest BCUT2D eigenvalue weighted by Gasteiger charge is 2.18. The average molecular weight is 326 g/mol. The molecule has 19 heavy (non-hydrogen) atoms. The Morgan fingerprint density at radius 1 is 1.37 bits per heavy atom. The monoisotopic (exact) mass is 325 g/mol. The molecule has 4 heteroatoms. The number of aryl methyl sites for hydroxylation is 1. The molecule has 3 nitrogen and oxygen atoms in total. The van der Waals surface area contributed by atoms with Crippen LogP contribution in [-0.2, 0) is 0 Å². The molecule has 1 aromatic rings. The van der Waals surface area contributed by atoms with Crippen molar-refractivity contribution < 1.29 is 0 Å². The van der Waals surface area contributed by atoms with Gasteiger partial charge in [-0.05, 0) is 56.5 Å². The summed E-state index contributed by atoms with van der Waals surface area (Å²) in [6, 6.07) is 6.47. The van der Waals surface area contributed by atoms with Crippen molar-refractivity contribution in [1.29, 1.82) is 0 Å². The van der Waals surface area contributed by atoms with Gasteiger partial charge in [0.05, 0.1) is 0 Å². The number of piperidine rings is 1. The maximum absolute atomic E-state index is 5.60. The van der Waals surface area contributed by atoms with Gasteiger partial charge >= 0.3 is 0 Å². The number of nitrogens with zero attached hydrogens (tertiary/aromatic N) is 1. The number of anilines is 1. The van der Waals surface area contributed by atoms with Gasteiger partial charge in [0.1, 0.15) is 0 Å². The Kier molecular flexibility index (Phi) is 5.67. The number of hydrogen-bond donors (Lipinski definition) is 2. The first-order chi connectivity index (χ1) is 9.19. The minimum Gasteiger partial charge on any atom is -0.385 e. The molecule has 0 spiro atoms. The van der Waals surface area contributed by atoms with Crippen LogP contribution in [0.2, 0.25) is 0 Å². The quantitative estimate of drug-likeness (QED) is 0.874. The Hall–Kier alpha value is -0.580. The van der Waals surface area contributed by atoms with Crippen molar-refractivity contribution in [2.75, 3.05) is 38.0 Å². The van der Waals surface area contributed by atoms with Gasteiger partial charge in [-0.15, -0.1) is 0 Å². The van der Waals surface area contributed by atoms with E-state index in [1.54, 1.807) is 0 Å². The molecule has 0 atom stereocenters. The molecule has 0 amide bonds. The molecule has 1 saturated heterocycles. The maximum Gasteiger partial charge on any atom is 0.0351 e. The molecule has 3 N–H and O–H groups in total. The van der Waals surface area contributed by atoms with Crippen LogP contribution in [0.25, 0.3) is 0 Å². The standard InChI is InChI=1S/C15H24BrN3/c1-12-2-3-14(10-15(12)16)18-11-13-4-7-19(8-5-13)9-6-17/h2-3,10,13,18H,4-9,11,17H2,1H3. The average Bonchev–Trinajstić information content (AvgIpc) is 2.42. The van der Waals surface area contributed by atoms with E-state index in [1.165, 1.54) is 41.7 Å². The summed E-state index contributed by atoms with van der Waals surface area (Å²) >= 11 is 3.58. The van der Waals surface area contributed by atoms with Crippen molar-refractivity contribution in [3.63, 3.8) is 0 Å². The number of halogens is 1. The summed E-state index contributed by atoms with van der Waals surface area (Å²) in [6.07, 6.45) is 2.56. The van der Waals surface area contributed by atoms with Crippen LogP contribution >= 0.6 is 15.9 Å². The predicted octanol–water partition coefficient (Wildman–Crippen LogP) is 2.84. The number of likely N-dealkylation sites (tertiary alicyclic amines) is 1.